The van der Waals surface area contributed by atoms with Crippen LogP contribution in [0.4, 0.5) is 0 Å². The van der Waals surface area contributed by atoms with E-state index in [-0.39, 0.29) is 0 Å². The maximum atomic E-state index is 4.34. The van der Waals surface area contributed by atoms with Gasteiger partial charge in [-0.3, -0.25) is 4.99 Å². The molecular formula is C13H17N3. The lowest BCUT2D eigenvalue weighted by Gasteiger charge is -2.02. The van der Waals surface area contributed by atoms with Crippen LogP contribution in [0.2, 0.25) is 0 Å². The van der Waals surface area contributed by atoms with Crippen LogP contribution in [-0.2, 0) is 6.42 Å². The molecular weight excluding hydrogens is 198 g/mol. The Kier molecular flexibility index (Phi) is 3.25. The molecule has 84 valence electrons. The highest BCUT2D eigenvalue weighted by Gasteiger charge is 2.01. The van der Waals surface area contributed by atoms with E-state index >= 15 is 0 Å². The summed E-state index contributed by atoms with van der Waals surface area (Å²) in [7, 11) is 3.96. The van der Waals surface area contributed by atoms with Gasteiger partial charge in [-0.1, -0.05) is 18.2 Å². The molecule has 0 aliphatic heterocycles. The molecule has 0 amide bonds. The summed E-state index contributed by atoms with van der Waals surface area (Å²) in [4.78, 5) is 9.57. The van der Waals surface area contributed by atoms with Gasteiger partial charge in [0.25, 0.3) is 0 Å². The van der Waals surface area contributed by atoms with E-state index in [1.807, 2.05) is 31.4 Å². The Morgan fingerprint density at radius 3 is 2.94 bits per heavy atom. The molecule has 0 saturated carbocycles. The maximum absolute atomic E-state index is 4.34. The largest absolute Gasteiger partial charge is 0.369 e. The minimum absolute atomic E-state index is 0.833. The molecule has 1 aromatic heterocycles. The van der Waals surface area contributed by atoms with Crippen molar-refractivity contribution in [2.24, 2.45) is 4.99 Å². The third kappa shape index (κ3) is 2.42. The van der Waals surface area contributed by atoms with Gasteiger partial charge in [0.15, 0.2) is 0 Å². The lowest BCUT2D eigenvalue weighted by molar-refractivity contribution is 0.638. The van der Waals surface area contributed by atoms with Crippen LogP contribution < -0.4 is 0 Å². The molecule has 2 rings (SSSR count). The Hall–Kier alpha value is -1.77. The fraction of sp³-hybridized carbons (Fsp3) is 0.308. The van der Waals surface area contributed by atoms with Gasteiger partial charge in [-0.25, -0.2) is 0 Å². The van der Waals surface area contributed by atoms with E-state index in [4.69, 9.17) is 0 Å². The van der Waals surface area contributed by atoms with Gasteiger partial charge in [0, 0.05) is 37.7 Å². The number of nitrogens with zero attached hydrogens (tertiary/aromatic N) is 2. The second-order valence-electron chi connectivity index (χ2n) is 4.09. The van der Waals surface area contributed by atoms with Crippen molar-refractivity contribution in [2.75, 3.05) is 20.6 Å². The van der Waals surface area contributed by atoms with Crippen molar-refractivity contribution in [1.29, 1.82) is 0 Å². The van der Waals surface area contributed by atoms with Crippen molar-refractivity contribution < 1.29 is 0 Å². The monoisotopic (exact) mass is 215 g/mol. The first-order chi connectivity index (χ1) is 7.77. The summed E-state index contributed by atoms with van der Waals surface area (Å²) in [6.45, 7) is 0.833. The number of H-pyrrole nitrogens is 1. The maximum Gasteiger partial charge on any atom is 0.0844 e. The van der Waals surface area contributed by atoms with E-state index in [9.17, 15) is 0 Å². The molecule has 0 aliphatic carbocycles. The van der Waals surface area contributed by atoms with Crippen molar-refractivity contribution in [1.82, 2.24) is 9.88 Å². The quantitative estimate of drug-likeness (QED) is 0.616. The minimum Gasteiger partial charge on any atom is -0.369 e. The number of benzene rings is 1. The summed E-state index contributed by atoms with van der Waals surface area (Å²) in [5.74, 6) is 0. The predicted octanol–water partition coefficient (Wildman–Crippen LogP) is 2.30. The molecule has 1 N–H and O–H groups in total. The molecule has 3 nitrogen and oxygen atoms in total. The van der Waals surface area contributed by atoms with Gasteiger partial charge in [0.1, 0.15) is 0 Å². The Morgan fingerprint density at radius 1 is 1.31 bits per heavy atom. The average molecular weight is 215 g/mol. The summed E-state index contributed by atoms with van der Waals surface area (Å²) in [6.07, 6.45) is 4.92. The number of nitrogens with one attached hydrogen (secondary N) is 1. The van der Waals surface area contributed by atoms with Crippen molar-refractivity contribution in [2.45, 2.75) is 6.42 Å². The van der Waals surface area contributed by atoms with Gasteiger partial charge in [-0.2, -0.15) is 0 Å². The van der Waals surface area contributed by atoms with Crippen molar-refractivity contribution >= 4 is 17.2 Å². The van der Waals surface area contributed by atoms with Crippen LogP contribution in [0, 0.1) is 0 Å². The highest BCUT2D eigenvalue weighted by atomic mass is 15.1. The van der Waals surface area contributed by atoms with Crippen LogP contribution >= 0.6 is 0 Å². The molecule has 0 spiro atoms. The smallest absolute Gasteiger partial charge is 0.0844 e. The number of aliphatic imine (C=N–C) groups is 1. The Morgan fingerprint density at radius 2 is 2.12 bits per heavy atom. The molecule has 0 unspecified atom stereocenters. The number of rotatable bonds is 4. The molecule has 1 aromatic carbocycles. The Balaban J connectivity index is 2.05. The van der Waals surface area contributed by atoms with Crippen LogP contribution in [0.15, 0.2) is 35.5 Å². The first-order valence-corrected chi connectivity index (χ1v) is 5.49. The van der Waals surface area contributed by atoms with E-state index in [0.29, 0.717) is 0 Å². The molecule has 0 atom stereocenters. The van der Waals surface area contributed by atoms with Crippen LogP contribution in [0.1, 0.15) is 5.56 Å². The second-order valence-corrected chi connectivity index (χ2v) is 4.09. The van der Waals surface area contributed by atoms with Gasteiger partial charge in [-0.15, -0.1) is 0 Å². The molecule has 0 bridgehead atoms. The van der Waals surface area contributed by atoms with Crippen molar-refractivity contribution in [3.05, 3.63) is 36.0 Å². The molecule has 0 fully saturated rings. The molecule has 0 aliphatic rings. The zero-order chi connectivity index (χ0) is 11.4. The first kappa shape index (κ1) is 10.7. The van der Waals surface area contributed by atoms with Gasteiger partial charge in [-0.05, 0) is 18.1 Å². The Labute approximate surface area is 95.8 Å². The van der Waals surface area contributed by atoms with E-state index in [1.54, 1.807) is 0 Å². The second kappa shape index (κ2) is 4.84. The standard InChI is InChI=1S/C13H17N3/c1-16(2)10-14-8-7-11-9-15-13-6-4-3-5-12(11)13/h3-6,9-10,15H,7-8H2,1-2H3. The number of aromatic nitrogens is 1. The van der Waals surface area contributed by atoms with E-state index in [0.717, 1.165) is 13.0 Å². The lowest BCUT2D eigenvalue weighted by atomic mass is 10.1. The SMILES string of the molecule is CN(C)C=NCCc1c[nH]c2ccccc12. The van der Waals surface area contributed by atoms with Crippen molar-refractivity contribution in [3.63, 3.8) is 0 Å². The third-order valence-corrected chi connectivity index (χ3v) is 2.50. The number of aromatic amines is 1. The number of para-hydroxylation sites is 1. The fourth-order valence-corrected chi connectivity index (χ4v) is 1.74. The summed E-state index contributed by atoms with van der Waals surface area (Å²) >= 11 is 0. The zero-order valence-electron chi connectivity index (χ0n) is 9.77. The third-order valence-electron chi connectivity index (χ3n) is 2.50. The molecule has 0 saturated heterocycles. The van der Waals surface area contributed by atoms with Crippen LogP contribution in [0.3, 0.4) is 0 Å². The normalized spacial score (nSPS) is 11.4. The molecule has 1 heterocycles. The molecule has 2 aromatic rings. The van der Waals surface area contributed by atoms with E-state index in [2.05, 4.69) is 34.4 Å². The average Bonchev–Trinajstić information content (AvgIpc) is 2.68. The molecule has 0 radical (unpaired) electrons. The Bertz CT molecular complexity index is 483. The van der Waals surface area contributed by atoms with Crippen molar-refractivity contribution in [3.8, 4) is 0 Å². The molecule has 3 heteroatoms. The van der Waals surface area contributed by atoms with Crippen LogP contribution in [0.25, 0.3) is 10.9 Å². The molecule has 16 heavy (non-hydrogen) atoms. The zero-order valence-corrected chi connectivity index (χ0v) is 9.77. The number of hydrogen-bond acceptors (Lipinski definition) is 1. The van der Waals surface area contributed by atoms with E-state index < -0.39 is 0 Å². The van der Waals surface area contributed by atoms with Crippen LogP contribution in [-0.4, -0.2) is 36.9 Å². The highest BCUT2D eigenvalue weighted by molar-refractivity contribution is 5.83. The van der Waals surface area contributed by atoms with Crippen LogP contribution in [0.5, 0.6) is 0 Å². The number of fused-ring (bicyclic) bond motifs is 1. The van der Waals surface area contributed by atoms with Gasteiger partial charge in [0.05, 0.1) is 6.34 Å². The van der Waals surface area contributed by atoms with Gasteiger partial charge >= 0.3 is 0 Å². The van der Waals surface area contributed by atoms with Gasteiger partial charge in [0.2, 0.25) is 0 Å². The summed E-state index contributed by atoms with van der Waals surface area (Å²) in [5.41, 5.74) is 2.54. The first-order valence-electron chi connectivity index (χ1n) is 5.49. The summed E-state index contributed by atoms with van der Waals surface area (Å²) in [5, 5.41) is 1.31. The highest BCUT2D eigenvalue weighted by Crippen LogP contribution is 2.17. The minimum atomic E-state index is 0.833. The lowest BCUT2D eigenvalue weighted by Crippen LogP contribution is -2.08. The fourth-order valence-electron chi connectivity index (χ4n) is 1.74. The summed E-state index contributed by atoms with van der Waals surface area (Å²) < 4.78 is 0. The topological polar surface area (TPSA) is 31.4 Å². The summed E-state index contributed by atoms with van der Waals surface area (Å²) in [6, 6.07) is 8.37. The van der Waals surface area contributed by atoms with Gasteiger partial charge < -0.3 is 9.88 Å². The number of hydrogen-bond donors (Lipinski definition) is 1. The predicted molar refractivity (Wildman–Crippen MR) is 69.0 cm³/mol. The van der Waals surface area contributed by atoms with E-state index in [1.165, 1.54) is 16.5 Å².